The number of imidazole rings is 1. The summed E-state index contributed by atoms with van der Waals surface area (Å²) in [6.07, 6.45) is 11.3. The van der Waals surface area contributed by atoms with Crippen LogP contribution in [0.25, 0.3) is 0 Å². The minimum Gasteiger partial charge on any atom is -0.355 e. The van der Waals surface area contributed by atoms with Crippen molar-refractivity contribution in [1.82, 2.24) is 14.9 Å². The molecule has 1 aromatic rings. The number of hydrogen-bond donors (Lipinski definition) is 1. The van der Waals surface area contributed by atoms with Crippen molar-refractivity contribution in [3.63, 3.8) is 0 Å². The lowest BCUT2D eigenvalue weighted by atomic mass is 9.92. The van der Waals surface area contributed by atoms with Crippen LogP contribution in [0.2, 0.25) is 0 Å². The number of nitrogens with zero attached hydrogens (tertiary/aromatic N) is 2. The molecule has 1 heterocycles. The van der Waals surface area contributed by atoms with Crippen molar-refractivity contribution >= 4 is 5.91 Å². The molecule has 2 aliphatic carbocycles. The Balaban J connectivity index is 1.52. The Hall–Kier alpha value is -1.32. The van der Waals surface area contributed by atoms with Gasteiger partial charge in [0.05, 0.1) is 0 Å². The maximum Gasteiger partial charge on any atom is 0.223 e. The van der Waals surface area contributed by atoms with Gasteiger partial charge in [-0.2, -0.15) is 0 Å². The fraction of sp³-hybridized carbons (Fsp3) is 0.750. The van der Waals surface area contributed by atoms with Crippen LogP contribution in [0, 0.1) is 12.8 Å². The molecule has 2 saturated carbocycles. The fourth-order valence-corrected chi connectivity index (χ4v) is 3.45. The number of amides is 1. The summed E-state index contributed by atoms with van der Waals surface area (Å²) in [4.78, 5) is 16.5. The molecule has 1 N–H and O–H groups in total. The first-order valence-corrected chi connectivity index (χ1v) is 8.06. The molecule has 20 heavy (non-hydrogen) atoms. The number of carbonyl (C=O) groups excluding carboxylic acids is 1. The lowest BCUT2D eigenvalue weighted by Gasteiger charge is -2.29. The van der Waals surface area contributed by atoms with Gasteiger partial charge in [-0.1, -0.05) is 12.8 Å². The van der Waals surface area contributed by atoms with Crippen LogP contribution in [-0.2, 0) is 11.2 Å². The third-order valence-corrected chi connectivity index (χ3v) is 4.87. The molecule has 0 aliphatic heterocycles. The number of rotatable bonds is 5. The highest BCUT2D eigenvalue weighted by Gasteiger charge is 2.24. The van der Waals surface area contributed by atoms with Crippen LogP contribution in [0.3, 0.4) is 0 Å². The summed E-state index contributed by atoms with van der Waals surface area (Å²) in [6.45, 7) is 2.85. The number of carbonyl (C=O) groups is 1. The molecule has 2 aliphatic rings. The zero-order valence-corrected chi connectivity index (χ0v) is 12.4. The Bertz CT molecular complexity index is 470. The Labute approximate surface area is 121 Å². The van der Waals surface area contributed by atoms with Gasteiger partial charge in [-0.25, -0.2) is 4.98 Å². The summed E-state index contributed by atoms with van der Waals surface area (Å²) in [5, 5.41) is 3.09. The average molecular weight is 275 g/mol. The van der Waals surface area contributed by atoms with E-state index in [2.05, 4.69) is 21.8 Å². The van der Waals surface area contributed by atoms with Gasteiger partial charge in [0.25, 0.3) is 0 Å². The summed E-state index contributed by atoms with van der Waals surface area (Å²) < 4.78 is 2.38. The average Bonchev–Trinajstić information content (AvgIpc) is 3.00. The minimum absolute atomic E-state index is 0.251. The van der Waals surface area contributed by atoms with E-state index in [1.165, 1.54) is 37.8 Å². The van der Waals surface area contributed by atoms with Gasteiger partial charge in [-0.15, -0.1) is 0 Å². The molecule has 1 aromatic heterocycles. The van der Waals surface area contributed by atoms with Gasteiger partial charge in [-0.3, -0.25) is 4.79 Å². The predicted molar refractivity (Wildman–Crippen MR) is 78.5 cm³/mol. The van der Waals surface area contributed by atoms with E-state index in [0.717, 1.165) is 31.6 Å². The van der Waals surface area contributed by atoms with Crippen molar-refractivity contribution in [3.05, 3.63) is 17.7 Å². The van der Waals surface area contributed by atoms with Crippen LogP contribution in [0.1, 0.15) is 62.5 Å². The molecule has 2 fully saturated rings. The number of aromatic nitrogens is 2. The summed E-state index contributed by atoms with van der Waals surface area (Å²) in [7, 11) is 0. The lowest BCUT2D eigenvalue weighted by Crippen LogP contribution is -2.32. The standard InChI is InChI=1S/C16H25N3O/c1-12-11-18-15(19(12)14-7-4-8-14)9-10-17-16(20)13-5-2-3-6-13/h11,13-14H,2-10H2,1H3,(H,17,20). The predicted octanol–water partition coefficient (Wildman–Crippen LogP) is 2.77. The van der Waals surface area contributed by atoms with Gasteiger partial charge in [-0.05, 0) is 39.0 Å². The van der Waals surface area contributed by atoms with Crippen LogP contribution >= 0.6 is 0 Å². The van der Waals surface area contributed by atoms with Crippen LogP contribution in [0.5, 0.6) is 0 Å². The van der Waals surface area contributed by atoms with Crippen molar-refractivity contribution in [2.75, 3.05) is 6.54 Å². The van der Waals surface area contributed by atoms with Crippen molar-refractivity contribution in [1.29, 1.82) is 0 Å². The van der Waals surface area contributed by atoms with Gasteiger partial charge in [0, 0.05) is 36.8 Å². The van der Waals surface area contributed by atoms with Crippen molar-refractivity contribution in [2.24, 2.45) is 5.92 Å². The molecule has 3 rings (SSSR count). The lowest BCUT2D eigenvalue weighted by molar-refractivity contribution is -0.124. The third kappa shape index (κ3) is 2.74. The molecule has 110 valence electrons. The maximum atomic E-state index is 12.0. The zero-order chi connectivity index (χ0) is 13.9. The van der Waals surface area contributed by atoms with Crippen LogP contribution in [0.15, 0.2) is 6.20 Å². The smallest absolute Gasteiger partial charge is 0.223 e. The molecule has 0 radical (unpaired) electrons. The first kappa shape index (κ1) is 13.7. The fourth-order valence-electron chi connectivity index (χ4n) is 3.45. The van der Waals surface area contributed by atoms with Crippen molar-refractivity contribution in [3.8, 4) is 0 Å². The van der Waals surface area contributed by atoms with E-state index < -0.39 is 0 Å². The Kier molecular flexibility index (Phi) is 4.08. The first-order valence-electron chi connectivity index (χ1n) is 8.06. The molecule has 0 aromatic carbocycles. The molecular weight excluding hydrogens is 250 g/mol. The van der Waals surface area contributed by atoms with Crippen LogP contribution in [0.4, 0.5) is 0 Å². The third-order valence-electron chi connectivity index (χ3n) is 4.87. The summed E-state index contributed by atoms with van der Waals surface area (Å²) in [6, 6.07) is 0.651. The van der Waals surface area contributed by atoms with E-state index in [1.807, 2.05) is 6.20 Å². The van der Waals surface area contributed by atoms with Gasteiger partial charge < -0.3 is 9.88 Å². The molecule has 0 unspecified atom stereocenters. The quantitative estimate of drug-likeness (QED) is 0.898. The molecule has 0 saturated heterocycles. The molecular formula is C16H25N3O. The first-order chi connectivity index (χ1) is 9.75. The Morgan fingerprint density at radius 1 is 1.30 bits per heavy atom. The molecule has 0 atom stereocenters. The number of hydrogen-bond acceptors (Lipinski definition) is 2. The van der Waals surface area contributed by atoms with Crippen LogP contribution < -0.4 is 5.32 Å². The van der Waals surface area contributed by atoms with Gasteiger partial charge in [0.15, 0.2) is 0 Å². The van der Waals surface area contributed by atoms with E-state index in [-0.39, 0.29) is 11.8 Å². The largest absolute Gasteiger partial charge is 0.355 e. The monoisotopic (exact) mass is 275 g/mol. The second-order valence-electron chi connectivity index (χ2n) is 6.29. The van der Waals surface area contributed by atoms with E-state index in [0.29, 0.717) is 6.04 Å². The maximum absolute atomic E-state index is 12.0. The van der Waals surface area contributed by atoms with E-state index in [1.54, 1.807) is 0 Å². The highest BCUT2D eigenvalue weighted by molar-refractivity contribution is 5.78. The number of nitrogens with one attached hydrogen (secondary N) is 1. The molecule has 0 spiro atoms. The minimum atomic E-state index is 0.251. The Morgan fingerprint density at radius 2 is 2.05 bits per heavy atom. The van der Waals surface area contributed by atoms with E-state index in [9.17, 15) is 4.79 Å². The molecule has 0 bridgehead atoms. The van der Waals surface area contributed by atoms with Gasteiger partial charge >= 0.3 is 0 Å². The van der Waals surface area contributed by atoms with Gasteiger partial charge in [0.1, 0.15) is 5.82 Å². The molecule has 1 amide bonds. The van der Waals surface area contributed by atoms with E-state index >= 15 is 0 Å². The second kappa shape index (κ2) is 5.98. The number of aryl methyl sites for hydroxylation is 1. The SMILES string of the molecule is Cc1cnc(CCNC(=O)C2CCCC2)n1C1CCC1. The van der Waals surface area contributed by atoms with Gasteiger partial charge in [0.2, 0.25) is 5.91 Å². The van der Waals surface area contributed by atoms with Crippen LogP contribution in [-0.4, -0.2) is 22.0 Å². The zero-order valence-electron chi connectivity index (χ0n) is 12.4. The summed E-state index contributed by atoms with van der Waals surface area (Å²) >= 11 is 0. The van der Waals surface area contributed by atoms with Crippen molar-refractivity contribution in [2.45, 2.75) is 64.3 Å². The highest BCUT2D eigenvalue weighted by Crippen LogP contribution is 2.33. The normalized spacial score (nSPS) is 20.1. The summed E-state index contributed by atoms with van der Waals surface area (Å²) in [5.41, 5.74) is 1.26. The highest BCUT2D eigenvalue weighted by atomic mass is 16.1. The summed E-state index contributed by atoms with van der Waals surface area (Å²) in [5.74, 6) is 1.66. The van der Waals surface area contributed by atoms with Crippen molar-refractivity contribution < 1.29 is 4.79 Å². The topological polar surface area (TPSA) is 46.9 Å². The second-order valence-corrected chi connectivity index (χ2v) is 6.29. The molecule has 4 nitrogen and oxygen atoms in total. The molecule has 4 heteroatoms. The van der Waals surface area contributed by atoms with E-state index in [4.69, 9.17) is 0 Å². The Morgan fingerprint density at radius 3 is 2.70 bits per heavy atom.